The predicted octanol–water partition coefficient (Wildman–Crippen LogP) is 12.2. The number of halogens is 37. The van der Waals surface area contributed by atoms with E-state index in [1.165, 1.54) is 0 Å². The average molecular weight is 1060 g/mol. The highest BCUT2D eigenvalue weighted by atomic mass is 31.2. The van der Waals surface area contributed by atoms with E-state index in [1.54, 1.807) is 0 Å². The Morgan fingerprint density at radius 3 is 0.603 bits per heavy atom. The maximum Gasteiger partial charge on any atom is 0.469 e. The molecule has 0 aromatic carbocycles. The van der Waals surface area contributed by atoms with Crippen molar-refractivity contribution in [2.45, 2.75) is 120 Å². The Labute approximate surface area is 316 Å². The molecule has 0 heterocycles. The monoisotopic (exact) mass is 1060 g/mol. The molecule has 380 valence electrons. The van der Waals surface area contributed by atoms with Crippen LogP contribution in [0.25, 0.3) is 0 Å². The van der Waals surface area contributed by atoms with Crippen molar-refractivity contribution >= 4 is 7.82 Å². The normalized spacial score (nSPS) is 17.1. The molecule has 0 aromatic rings. The van der Waals surface area contributed by atoms with Gasteiger partial charge in [-0.15, -0.1) is 0 Å². The Balaban J connectivity index is 7.71. The predicted molar refractivity (Wildman–Crippen MR) is 117 cm³/mol. The molecule has 0 spiro atoms. The summed E-state index contributed by atoms with van der Waals surface area (Å²) >= 11 is 0. The summed E-state index contributed by atoms with van der Waals surface area (Å²) in [5.41, 5.74) is 0. The highest BCUT2D eigenvalue weighted by molar-refractivity contribution is 7.46. The van der Waals surface area contributed by atoms with Gasteiger partial charge in [0, 0.05) is 6.42 Å². The summed E-state index contributed by atoms with van der Waals surface area (Å²) in [6.45, 7) is -2.08. The third kappa shape index (κ3) is 7.74. The van der Waals surface area contributed by atoms with Gasteiger partial charge < -0.3 is 9.79 Å². The molecule has 63 heavy (non-hydrogen) atoms. The second kappa shape index (κ2) is 15.3. The minimum absolute atomic E-state index is 2.08. The van der Waals surface area contributed by atoms with Gasteiger partial charge in [0.15, 0.2) is 0 Å². The zero-order valence-corrected chi connectivity index (χ0v) is 28.2. The smallest absolute Gasteiger partial charge is 0.303 e. The van der Waals surface area contributed by atoms with E-state index in [0.717, 1.165) is 0 Å². The van der Waals surface area contributed by atoms with Crippen molar-refractivity contribution < 1.29 is 181 Å². The first-order valence-electron chi connectivity index (χ1n) is 13.6. The molecule has 0 radical (unpaired) electrons. The van der Waals surface area contributed by atoms with E-state index in [9.17, 15) is 167 Å². The van der Waals surface area contributed by atoms with E-state index in [2.05, 4.69) is 4.52 Å². The minimum Gasteiger partial charge on any atom is -0.303 e. The largest absolute Gasteiger partial charge is 0.469 e. The lowest BCUT2D eigenvalue weighted by Gasteiger charge is -2.47. The van der Waals surface area contributed by atoms with Crippen LogP contribution in [0.3, 0.4) is 0 Å². The van der Waals surface area contributed by atoms with E-state index < -0.39 is 134 Å². The Morgan fingerprint density at radius 1 is 0.286 bits per heavy atom. The number of rotatable bonds is 21. The fraction of sp³-hybridized carbons (Fsp3) is 1.00. The molecule has 0 aliphatic rings. The van der Waals surface area contributed by atoms with Crippen LogP contribution in [0.4, 0.5) is 162 Å². The van der Waals surface area contributed by atoms with E-state index in [4.69, 9.17) is 9.79 Å². The Morgan fingerprint density at radius 2 is 0.444 bits per heavy atom. The molecule has 0 saturated carbocycles. The van der Waals surface area contributed by atoms with E-state index in [1.807, 2.05) is 0 Å². The Bertz CT molecular complexity index is 1690. The maximum atomic E-state index is 14.0. The van der Waals surface area contributed by atoms with Gasteiger partial charge in [0.25, 0.3) is 0 Å². The molecule has 0 aromatic heterocycles. The van der Waals surface area contributed by atoms with Gasteiger partial charge in [0.1, 0.15) is 0 Å². The van der Waals surface area contributed by atoms with Gasteiger partial charge in [-0.05, 0) is 6.42 Å². The van der Waals surface area contributed by atoms with Crippen molar-refractivity contribution in [1.82, 2.24) is 0 Å². The molecule has 0 fully saturated rings. The molecule has 0 atom stereocenters. The zero-order chi connectivity index (χ0) is 52.3. The molecule has 42 heteroatoms. The molecule has 0 saturated heterocycles. The number of hydrogen-bond donors (Lipinski definition) is 2. The van der Waals surface area contributed by atoms with Crippen LogP contribution >= 0.6 is 7.82 Å². The summed E-state index contributed by atoms with van der Waals surface area (Å²) in [6.07, 6.45) is -14.1. The van der Waals surface area contributed by atoms with Crippen molar-refractivity contribution in [3.05, 3.63) is 0 Å². The van der Waals surface area contributed by atoms with Crippen LogP contribution in [-0.2, 0) is 9.09 Å². The Hall–Kier alpha value is -2.48. The summed E-state index contributed by atoms with van der Waals surface area (Å²) in [7, 11) is -5.86. The molecule has 2 N–H and O–H groups in total. The molecule has 0 aliphatic heterocycles. The molecule has 0 amide bonds. The first-order chi connectivity index (χ1) is 26.5. The first-order valence-corrected chi connectivity index (χ1v) is 15.2. The molecule has 4 nitrogen and oxygen atoms in total. The van der Waals surface area contributed by atoms with Gasteiger partial charge in [-0.25, -0.2) is 4.57 Å². The van der Waals surface area contributed by atoms with Crippen molar-refractivity contribution in [3.8, 4) is 0 Å². The third-order valence-corrected chi connectivity index (χ3v) is 8.14. The van der Waals surface area contributed by atoms with Crippen molar-refractivity contribution in [2.75, 3.05) is 6.61 Å². The Kier molecular flexibility index (Phi) is 14.7. The topological polar surface area (TPSA) is 66.8 Å². The van der Waals surface area contributed by atoms with Gasteiger partial charge in [-0.3, -0.25) is 4.52 Å². The summed E-state index contributed by atoms with van der Waals surface area (Å²) in [5, 5.41) is 0. The maximum absolute atomic E-state index is 14.0. The van der Waals surface area contributed by atoms with Gasteiger partial charge in [0.2, 0.25) is 0 Å². The minimum atomic E-state index is -10.5. The lowest BCUT2D eigenvalue weighted by Crippen LogP contribution is -2.80. The van der Waals surface area contributed by atoms with Crippen LogP contribution < -0.4 is 0 Å². The molecular formula is C21H8F37O4P. The first kappa shape index (κ1) is 60.5. The molecule has 0 aliphatic carbocycles. The van der Waals surface area contributed by atoms with Crippen molar-refractivity contribution in [3.63, 3.8) is 0 Å². The summed E-state index contributed by atoms with van der Waals surface area (Å²) < 4.78 is 518. The standard InChI is InChI=1S/C21H8F37O4P/c22-4(23,2-1-3-62-63(59,60)61)5(24,25)6(26,27)7(28,29)8(30,31)9(32,33)10(34,35)11(36,37)12(38,39)13(40,41)14(42,43)15(44,45)16(46,47)17(48,49)18(50,51)19(52,53)20(54,55)21(56,57)58/h1-3H2,(H2,59,60,61). The highest BCUT2D eigenvalue weighted by Gasteiger charge is 3.02. The lowest BCUT2D eigenvalue weighted by atomic mass is 9.82. The molecule has 0 unspecified atom stereocenters. The second-order valence-electron chi connectivity index (χ2n) is 11.8. The molecule has 0 rings (SSSR count). The van der Waals surface area contributed by atoms with Crippen LogP contribution in [0.1, 0.15) is 12.8 Å². The van der Waals surface area contributed by atoms with Crippen LogP contribution in [0, 0.1) is 0 Å². The van der Waals surface area contributed by atoms with Crippen LogP contribution in [0.15, 0.2) is 0 Å². The summed E-state index contributed by atoms with van der Waals surface area (Å²) in [5.74, 6) is -166. The van der Waals surface area contributed by atoms with Gasteiger partial charge in [-0.1, -0.05) is 0 Å². The average Bonchev–Trinajstić information content (AvgIpc) is 3.04. The number of phosphoric acid groups is 1. The van der Waals surface area contributed by atoms with E-state index in [-0.39, 0.29) is 0 Å². The number of phosphoric ester groups is 1. The molecule has 0 bridgehead atoms. The van der Waals surface area contributed by atoms with E-state index >= 15 is 0 Å². The van der Waals surface area contributed by atoms with Gasteiger partial charge in [-0.2, -0.15) is 162 Å². The quantitative estimate of drug-likeness (QED) is 0.0683. The van der Waals surface area contributed by atoms with E-state index in [0.29, 0.717) is 0 Å². The fourth-order valence-corrected chi connectivity index (χ4v) is 4.17. The van der Waals surface area contributed by atoms with Crippen LogP contribution in [-0.4, -0.2) is 123 Å². The zero-order valence-electron chi connectivity index (χ0n) is 27.3. The third-order valence-electron chi connectivity index (χ3n) is 7.63. The lowest BCUT2D eigenvalue weighted by molar-refractivity contribution is -0.493. The number of alkyl halides is 37. The summed E-state index contributed by atoms with van der Waals surface area (Å²) in [6, 6.07) is 0. The molecular weight excluding hydrogens is 1050 g/mol. The summed E-state index contributed by atoms with van der Waals surface area (Å²) in [4.78, 5) is 16.4. The highest BCUT2D eigenvalue weighted by Crippen LogP contribution is 2.70. The van der Waals surface area contributed by atoms with Gasteiger partial charge in [0.05, 0.1) is 6.61 Å². The van der Waals surface area contributed by atoms with Crippen LogP contribution in [0.5, 0.6) is 0 Å². The van der Waals surface area contributed by atoms with Crippen LogP contribution in [0.2, 0.25) is 0 Å². The van der Waals surface area contributed by atoms with Crippen molar-refractivity contribution in [1.29, 1.82) is 0 Å². The van der Waals surface area contributed by atoms with Crippen molar-refractivity contribution in [2.24, 2.45) is 0 Å². The number of hydrogen-bond acceptors (Lipinski definition) is 2. The SMILES string of the molecule is O=P(O)(O)OCCCC(F)(F)C(F)(F)C(F)(F)C(F)(F)C(F)(F)C(F)(F)C(F)(F)C(F)(F)C(F)(F)C(F)(F)C(F)(F)C(F)(F)C(F)(F)C(F)(F)C(F)(F)C(F)(F)C(F)(F)C(F)(F)F. The second-order valence-corrected chi connectivity index (χ2v) is 13.1. The fourth-order valence-electron chi connectivity index (χ4n) is 3.80. The van der Waals surface area contributed by atoms with Gasteiger partial charge >= 0.3 is 115 Å².